The van der Waals surface area contributed by atoms with Crippen LogP contribution in [0.2, 0.25) is 0 Å². The molecule has 2 rings (SSSR count). The summed E-state index contributed by atoms with van der Waals surface area (Å²) in [5.74, 6) is 2.84. The molecule has 1 aromatic rings. The molecule has 0 aliphatic heterocycles. The standard InChI is InChI=1S/C16H28N4/c1-3-14-19-15(17-4-2)12-16(20-14)18-13-10-8-6-5-7-9-11-13/h12-13H,3-11H2,1-2H3,(H2,17,18,19,20). The van der Waals surface area contributed by atoms with Gasteiger partial charge in [-0.1, -0.05) is 39.0 Å². The van der Waals surface area contributed by atoms with Gasteiger partial charge in [0.15, 0.2) is 0 Å². The van der Waals surface area contributed by atoms with Gasteiger partial charge in [-0.15, -0.1) is 0 Å². The summed E-state index contributed by atoms with van der Waals surface area (Å²) in [6.07, 6.45) is 10.2. The minimum Gasteiger partial charge on any atom is -0.370 e. The van der Waals surface area contributed by atoms with Gasteiger partial charge in [0.2, 0.25) is 0 Å². The summed E-state index contributed by atoms with van der Waals surface area (Å²) >= 11 is 0. The third kappa shape index (κ3) is 4.66. The summed E-state index contributed by atoms with van der Waals surface area (Å²) in [4.78, 5) is 9.13. The van der Waals surface area contributed by atoms with E-state index in [0.717, 1.165) is 30.4 Å². The molecular formula is C16H28N4. The van der Waals surface area contributed by atoms with Crippen molar-refractivity contribution in [2.45, 2.75) is 71.3 Å². The fourth-order valence-corrected chi connectivity index (χ4v) is 2.81. The molecule has 1 aliphatic carbocycles. The van der Waals surface area contributed by atoms with Crippen molar-refractivity contribution >= 4 is 11.6 Å². The average Bonchev–Trinajstić information content (AvgIpc) is 2.42. The van der Waals surface area contributed by atoms with E-state index in [1.807, 2.05) is 6.07 Å². The van der Waals surface area contributed by atoms with Crippen molar-refractivity contribution in [3.63, 3.8) is 0 Å². The lowest BCUT2D eigenvalue weighted by Crippen LogP contribution is -2.22. The zero-order valence-electron chi connectivity index (χ0n) is 12.9. The minimum absolute atomic E-state index is 0.574. The first kappa shape index (κ1) is 15.1. The summed E-state index contributed by atoms with van der Waals surface area (Å²) in [5.41, 5.74) is 0. The molecule has 20 heavy (non-hydrogen) atoms. The zero-order chi connectivity index (χ0) is 14.2. The van der Waals surface area contributed by atoms with Crippen LogP contribution in [0, 0.1) is 0 Å². The third-order valence-electron chi connectivity index (χ3n) is 3.90. The van der Waals surface area contributed by atoms with Gasteiger partial charge in [-0.25, -0.2) is 9.97 Å². The van der Waals surface area contributed by atoms with Gasteiger partial charge < -0.3 is 10.6 Å². The van der Waals surface area contributed by atoms with E-state index in [2.05, 4.69) is 34.4 Å². The lowest BCUT2D eigenvalue weighted by molar-refractivity contribution is 0.470. The van der Waals surface area contributed by atoms with E-state index in [9.17, 15) is 0 Å². The molecule has 1 saturated carbocycles. The number of hydrogen-bond acceptors (Lipinski definition) is 4. The first-order chi connectivity index (χ1) is 9.81. The van der Waals surface area contributed by atoms with Gasteiger partial charge in [-0.3, -0.25) is 0 Å². The van der Waals surface area contributed by atoms with Crippen molar-refractivity contribution in [2.24, 2.45) is 0 Å². The maximum Gasteiger partial charge on any atom is 0.132 e. The second kappa shape index (κ2) is 8.08. The lowest BCUT2D eigenvalue weighted by atomic mass is 9.97. The van der Waals surface area contributed by atoms with Crippen molar-refractivity contribution in [2.75, 3.05) is 17.2 Å². The zero-order valence-corrected chi connectivity index (χ0v) is 12.9. The van der Waals surface area contributed by atoms with E-state index in [1.165, 1.54) is 44.9 Å². The van der Waals surface area contributed by atoms with Crippen LogP contribution in [-0.4, -0.2) is 22.6 Å². The SMILES string of the molecule is CCNc1cc(NC2CCCCCCC2)nc(CC)n1. The van der Waals surface area contributed by atoms with Crippen LogP contribution in [0.1, 0.15) is 64.6 Å². The molecule has 0 unspecified atom stereocenters. The molecule has 0 aromatic carbocycles. The molecule has 1 fully saturated rings. The normalized spacial score (nSPS) is 17.3. The van der Waals surface area contributed by atoms with Gasteiger partial charge in [0, 0.05) is 25.1 Å². The molecule has 0 spiro atoms. The smallest absolute Gasteiger partial charge is 0.132 e. The van der Waals surface area contributed by atoms with Crippen molar-refractivity contribution in [1.29, 1.82) is 0 Å². The number of hydrogen-bond donors (Lipinski definition) is 2. The number of aromatic nitrogens is 2. The predicted octanol–water partition coefficient (Wildman–Crippen LogP) is 4.00. The Morgan fingerprint density at radius 3 is 2.30 bits per heavy atom. The predicted molar refractivity (Wildman–Crippen MR) is 85.3 cm³/mol. The molecule has 1 heterocycles. The summed E-state index contributed by atoms with van der Waals surface area (Å²) in [5, 5.41) is 6.92. The molecule has 0 saturated heterocycles. The fourth-order valence-electron chi connectivity index (χ4n) is 2.81. The van der Waals surface area contributed by atoms with Gasteiger partial charge >= 0.3 is 0 Å². The van der Waals surface area contributed by atoms with E-state index in [0.29, 0.717) is 6.04 Å². The van der Waals surface area contributed by atoms with Crippen LogP contribution in [-0.2, 0) is 6.42 Å². The van der Waals surface area contributed by atoms with Crippen LogP contribution in [0.3, 0.4) is 0 Å². The van der Waals surface area contributed by atoms with Gasteiger partial charge in [0.05, 0.1) is 0 Å². The number of nitrogens with one attached hydrogen (secondary N) is 2. The molecule has 2 N–H and O–H groups in total. The minimum atomic E-state index is 0.574. The van der Waals surface area contributed by atoms with Gasteiger partial charge in [0.25, 0.3) is 0 Å². The molecule has 0 radical (unpaired) electrons. The molecule has 4 nitrogen and oxygen atoms in total. The highest BCUT2D eigenvalue weighted by molar-refractivity contribution is 5.48. The Morgan fingerprint density at radius 1 is 1.00 bits per heavy atom. The fraction of sp³-hybridized carbons (Fsp3) is 0.750. The van der Waals surface area contributed by atoms with E-state index in [-0.39, 0.29) is 0 Å². The highest BCUT2D eigenvalue weighted by Crippen LogP contribution is 2.21. The molecule has 112 valence electrons. The van der Waals surface area contributed by atoms with E-state index < -0.39 is 0 Å². The van der Waals surface area contributed by atoms with Crippen molar-refractivity contribution in [1.82, 2.24) is 9.97 Å². The van der Waals surface area contributed by atoms with E-state index >= 15 is 0 Å². The largest absolute Gasteiger partial charge is 0.370 e. The topological polar surface area (TPSA) is 49.8 Å². The third-order valence-corrected chi connectivity index (χ3v) is 3.90. The highest BCUT2D eigenvalue weighted by atomic mass is 15.1. The summed E-state index contributed by atoms with van der Waals surface area (Å²) in [6, 6.07) is 2.62. The molecular weight excluding hydrogens is 248 g/mol. The van der Waals surface area contributed by atoms with Crippen LogP contribution in [0.15, 0.2) is 6.07 Å². The van der Waals surface area contributed by atoms with Crippen molar-refractivity contribution in [3.8, 4) is 0 Å². The second-order valence-corrected chi connectivity index (χ2v) is 5.62. The molecule has 1 aromatic heterocycles. The van der Waals surface area contributed by atoms with Gasteiger partial charge in [-0.05, 0) is 19.8 Å². The molecule has 0 bridgehead atoms. The number of rotatable bonds is 5. The highest BCUT2D eigenvalue weighted by Gasteiger charge is 2.12. The average molecular weight is 276 g/mol. The number of nitrogens with zero attached hydrogens (tertiary/aromatic N) is 2. The van der Waals surface area contributed by atoms with Crippen LogP contribution >= 0.6 is 0 Å². The Bertz CT molecular complexity index is 397. The molecule has 0 atom stereocenters. The first-order valence-corrected chi connectivity index (χ1v) is 8.20. The Kier molecular flexibility index (Phi) is 6.09. The molecule has 4 heteroatoms. The maximum atomic E-state index is 4.62. The van der Waals surface area contributed by atoms with E-state index in [1.54, 1.807) is 0 Å². The summed E-state index contributed by atoms with van der Waals surface area (Å²) in [6.45, 7) is 5.09. The molecule has 0 amide bonds. The number of aryl methyl sites for hydroxylation is 1. The molecule has 1 aliphatic rings. The Labute approximate surface area is 122 Å². The van der Waals surface area contributed by atoms with E-state index in [4.69, 9.17) is 0 Å². The Hall–Kier alpha value is -1.32. The van der Waals surface area contributed by atoms with Crippen molar-refractivity contribution in [3.05, 3.63) is 11.9 Å². The summed E-state index contributed by atoms with van der Waals surface area (Å²) < 4.78 is 0. The first-order valence-electron chi connectivity index (χ1n) is 8.20. The number of anilines is 2. The quantitative estimate of drug-likeness (QED) is 0.853. The Morgan fingerprint density at radius 2 is 1.65 bits per heavy atom. The van der Waals surface area contributed by atoms with Crippen LogP contribution in [0.25, 0.3) is 0 Å². The van der Waals surface area contributed by atoms with Crippen LogP contribution in [0.4, 0.5) is 11.6 Å². The van der Waals surface area contributed by atoms with Crippen LogP contribution in [0.5, 0.6) is 0 Å². The van der Waals surface area contributed by atoms with Crippen molar-refractivity contribution < 1.29 is 0 Å². The van der Waals surface area contributed by atoms with Gasteiger partial charge in [-0.2, -0.15) is 0 Å². The van der Waals surface area contributed by atoms with Gasteiger partial charge in [0.1, 0.15) is 17.5 Å². The monoisotopic (exact) mass is 276 g/mol. The maximum absolute atomic E-state index is 4.62. The van der Waals surface area contributed by atoms with Crippen LogP contribution < -0.4 is 10.6 Å². The Balaban J connectivity index is 2.04. The second-order valence-electron chi connectivity index (χ2n) is 5.62. The summed E-state index contributed by atoms with van der Waals surface area (Å²) in [7, 11) is 0. The lowest BCUT2D eigenvalue weighted by Gasteiger charge is -2.22.